The number of carbonyl (C=O) groups excluding carboxylic acids is 4. The molecule has 8 unspecified atom stereocenters. The standard InChI is InChI=1S/C32H54FN3O9/c1-16-15-30(6,42-13)26(45-27-23(38)21(34(9)10)14-17(2)43-27)19(4)25(39)31(7,33)28(40)44-20(5)32(8)24(18(3)22(16)37)35(11)29(41)36(32)12/h16-21,23-24,26-27,38H,14-15H2,1-13H3/t16-,17-,18+,19+,20-,21?,23?,24?,26?,27?,30?,31?,32?/m1/s1. The van der Waals surface area contributed by atoms with E-state index in [9.17, 15) is 24.3 Å². The van der Waals surface area contributed by atoms with E-state index in [1.165, 1.54) is 30.8 Å². The largest absolute Gasteiger partial charge is 0.457 e. The molecule has 13 atom stereocenters. The fourth-order valence-corrected chi connectivity index (χ4v) is 7.78. The number of urea groups is 1. The molecule has 0 aromatic heterocycles. The van der Waals surface area contributed by atoms with E-state index in [4.69, 9.17) is 18.9 Å². The van der Waals surface area contributed by atoms with Gasteiger partial charge in [0.2, 0.25) is 0 Å². The first kappa shape index (κ1) is 37.3. The van der Waals surface area contributed by atoms with Crippen LogP contribution >= 0.6 is 0 Å². The number of ketones is 2. The number of hydrogen-bond acceptors (Lipinski definition) is 10. The fraction of sp³-hybridized carbons (Fsp3) is 0.875. The summed E-state index contributed by atoms with van der Waals surface area (Å²) in [4.78, 5) is 59.4. The van der Waals surface area contributed by atoms with Gasteiger partial charge in [-0.1, -0.05) is 20.8 Å². The Kier molecular flexibility index (Phi) is 10.9. The van der Waals surface area contributed by atoms with Gasteiger partial charge in [-0.25, -0.2) is 14.0 Å². The number of hydrogen-bond donors (Lipinski definition) is 1. The topological polar surface area (TPSA) is 135 Å². The Morgan fingerprint density at radius 2 is 1.58 bits per heavy atom. The van der Waals surface area contributed by atoms with Crippen molar-refractivity contribution in [2.75, 3.05) is 35.3 Å². The van der Waals surface area contributed by atoms with Gasteiger partial charge >= 0.3 is 12.0 Å². The molecule has 45 heavy (non-hydrogen) atoms. The smallest absolute Gasteiger partial charge is 0.351 e. The number of nitrogens with zero attached hydrogens (tertiary/aromatic N) is 3. The van der Waals surface area contributed by atoms with Crippen molar-refractivity contribution in [1.29, 1.82) is 0 Å². The summed E-state index contributed by atoms with van der Waals surface area (Å²) in [6, 6.07) is -1.46. The van der Waals surface area contributed by atoms with Crippen LogP contribution in [0.25, 0.3) is 0 Å². The minimum absolute atomic E-state index is 0.0460. The lowest BCUT2D eigenvalue weighted by atomic mass is 9.72. The molecule has 3 saturated heterocycles. The molecule has 13 heteroatoms. The number of amides is 2. The van der Waals surface area contributed by atoms with Crippen molar-refractivity contribution in [2.45, 2.75) is 128 Å². The van der Waals surface area contributed by atoms with E-state index in [1.54, 1.807) is 41.8 Å². The van der Waals surface area contributed by atoms with Crippen molar-refractivity contribution in [3.05, 3.63) is 0 Å². The van der Waals surface area contributed by atoms with Crippen molar-refractivity contribution in [3.63, 3.8) is 0 Å². The van der Waals surface area contributed by atoms with Crippen LogP contribution in [0.4, 0.5) is 9.18 Å². The Balaban J connectivity index is 2.16. The number of esters is 1. The average Bonchev–Trinajstić information content (AvgIpc) is 3.14. The highest BCUT2D eigenvalue weighted by molar-refractivity contribution is 6.08. The lowest BCUT2D eigenvalue weighted by Crippen LogP contribution is -2.62. The second-order valence-corrected chi connectivity index (χ2v) is 14.3. The van der Waals surface area contributed by atoms with Crippen molar-refractivity contribution in [2.24, 2.45) is 17.8 Å². The van der Waals surface area contributed by atoms with Crippen molar-refractivity contribution < 1.29 is 47.6 Å². The maximum Gasteiger partial charge on any atom is 0.351 e. The molecule has 3 heterocycles. The van der Waals surface area contributed by atoms with Crippen LogP contribution in [0, 0.1) is 17.8 Å². The lowest BCUT2D eigenvalue weighted by molar-refractivity contribution is -0.295. The Morgan fingerprint density at radius 1 is 1.00 bits per heavy atom. The Labute approximate surface area is 266 Å². The molecule has 0 spiro atoms. The molecule has 3 rings (SSSR count). The lowest BCUT2D eigenvalue weighted by Gasteiger charge is -2.47. The zero-order valence-corrected chi connectivity index (χ0v) is 29.1. The van der Waals surface area contributed by atoms with E-state index >= 15 is 4.39 Å². The highest BCUT2D eigenvalue weighted by atomic mass is 19.1. The molecule has 0 aromatic rings. The summed E-state index contributed by atoms with van der Waals surface area (Å²) >= 11 is 0. The summed E-state index contributed by atoms with van der Waals surface area (Å²) in [6.07, 6.45) is -4.43. The highest BCUT2D eigenvalue weighted by Crippen LogP contribution is 2.43. The Bertz CT molecular complexity index is 1150. The third-order valence-electron chi connectivity index (χ3n) is 10.9. The van der Waals surface area contributed by atoms with Gasteiger partial charge < -0.3 is 38.8 Å². The van der Waals surface area contributed by atoms with Gasteiger partial charge in [0.15, 0.2) is 12.1 Å². The first-order chi connectivity index (χ1) is 20.6. The summed E-state index contributed by atoms with van der Waals surface area (Å²) in [5.41, 5.74) is -5.73. The van der Waals surface area contributed by atoms with E-state index in [1.807, 2.05) is 25.9 Å². The predicted molar refractivity (Wildman–Crippen MR) is 163 cm³/mol. The Hall–Kier alpha value is -2.19. The molecule has 0 aliphatic carbocycles. The number of ether oxygens (including phenoxy) is 4. The quantitative estimate of drug-likeness (QED) is 0.360. The van der Waals surface area contributed by atoms with E-state index in [0.29, 0.717) is 6.42 Å². The molecule has 0 radical (unpaired) electrons. The fourth-order valence-electron chi connectivity index (χ4n) is 7.78. The molecule has 0 saturated carbocycles. The number of likely N-dealkylation sites (N-methyl/N-ethyl adjacent to an activating group) is 3. The second kappa shape index (κ2) is 13.1. The van der Waals surface area contributed by atoms with Crippen molar-refractivity contribution in [3.8, 4) is 0 Å². The second-order valence-electron chi connectivity index (χ2n) is 14.3. The SMILES string of the molecule is COC1(C)C[C@@H](C)C(=O)[C@H](C)C2N(C)C(=O)N(C)C2(C)[C@@H](C)OC(=O)C(C)(F)C(=O)[C@H](C)C1OC1O[C@H](C)CC(N(C)C)C1O. The van der Waals surface area contributed by atoms with Gasteiger partial charge in [-0.05, 0) is 61.6 Å². The van der Waals surface area contributed by atoms with Gasteiger partial charge in [0.25, 0.3) is 5.67 Å². The zero-order chi connectivity index (χ0) is 34.6. The molecular weight excluding hydrogens is 589 g/mol. The van der Waals surface area contributed by atoms with E-state index in [0.717, 1.165) is 6.92 Å². The predicted octanol–water partition coefficient (Wildman–Crippen LogP) is 2.44. The summed E-state index contributed by atoms with van der Waals surface area (Å²) in [5.74, 6) is -5.42. The molecule has 1 N–H and O–H groups in total. The summed E-state index contributed by atoms with van der Waals surface area (Å²) in [5, 5.41) is 11.2. The van der Waals surface area contributed by atoms with Crippen LogP contribution in [0.2, 0.25) is 0 Å². The molecule has 258 valence electrons. The maximum absolute atomic E-state index is 16.4. The molecule has 2 amide bonds. The number of aliphatic hydroxyl groups is 1. The van der Waals surface area contributed by atoms with Crippen LogP contribution < -0.4 is 0 Å². The van der Waals surface area contributed by atoms with Crippen LogP contribution in [-0.4, -0.2) is 138 Å². The maximum atomic E-state index is 16.4. The summed E-state index contributed by atoms with van der Waals surface area (Å²) in [6.45, 7) is 12.5. The molecular formula is C32H54FN3O9. The molecule has 3 aliphatic heterocycles. The number of carbonyl (C=O) groups is 4. The highest BCUT2D eigenvalue weighted by Gasteiger charge is 2.61. The number of fused-ring (bicyclic) bond motifs is 1. The number of Topliss-reactive ketones (excluding diaryl/α,β-unsaturated/α-hetero) is 2. The van der Waals surface area contributed by atoms with Crippen LogP contribution in [0.3, 0.4) is 0 Å². The van der Waals surface area contributed by atoms with E-state index < -0.39 is 77.0 Å². The van der Waals surface area contributed by atoms with Gasteiger partial charge in [0.05, 0.1) is 29.4 Å². The molecule has 0 bridgehead atoms. The number of rotatable bonds is 4. The molecule has 3 aliphatic rings. The van der Waals surface area contributed by atoms with Gasteiger partial charge in [-0.3, -0.25) is 9.59 Å². The normalized spacial score (nSPS) is 45.9. The van der Waals surface area contributed by atoms with Crippen LogP contribution in [-0.2, 0) is 33.3 Å². The van der Waals surface area contributed by atoms with Crippen LogP contribution in [0.15, 0.2) is 0 Å². The first-order valence-corrected chi connectivity index (χ1v) is 15.8. The zero-order valence-electron chi connectivity index (χ0n) is 29.1. The van der Waals surface area contributed by atoms with Gasteiger partial charge in [-0.2, -0.15) is 0 Å². The van der Waals surface area contributed by atoms with Crippen LogP contribution in [0.5, 0.6) is 0 Å². The van der Waals surface area contributed by atoms with Crippen molar-refractivity contribution >= 4 is 23.6 Å². The average molecular weight is 644 g/mol. The summed E-state index contributed by atoms with van der Waals surface area (Å²) in [7, 11) is 8.17. The number of halogens is 1. The number of cyclic esters (lactones) is 1. The minimum atomic E-state index is -3.11. The number of methoxy groups -OCH3 is 1. The third kappa shape index (κ3) is 6.39. The van der Waals surface area contributed by atoms with Crippen LogP contribution in [0.1, 0.15) is 68.2 Å². The van der Waals surface area contributed by atoms with E-state index in [2.05, 4.69) is 0 Å². The Morgan fingerprint density at radius 3 is 2.11 bits per heavy atom. The third-order valence-corrected chi connectivity index (χ3v) is 10.9. The molecule has 0 aromatic carbocycles. The number of alkyl halides is 1. The van der Waals surface area contributed by atoms with Crippen molar-refractivity contribution in [1.82, 2.24) is 14.7 Å². The molecule has 3 fully saturated rings. The molecule has 12 nitrogen and oxygen atoms in total. The van der Waals surface area contributed by atoms with Gasteiger partial charge in [-0.15, -0.1) is 0 Å². The van der Waals surface area contributed by atoms with Gasteiger partial charge in [0, 0.05) is 45.0 Å². The summed E-state index contributed by atoms with van der Waals surface area (Å²) < 4.78 is 40.5. The minimum Gasteiger partial charge on any atom is -0.457 e. The first-order valence-electron chi connectivity index (χ1n) is 15.8. The monoisotopic (exact) mass is 643 g/mol. The number of aliphatic hydroxyl groups excluding tert-OH is 1. The van der Waals surface area contributed by atoms with Gasteiger partial charge in [0.1, 0.15) is 18.0 Å². The van der Waals surface area contributed by atoms with E-state index in [-0.39, 0.29) is 30.4 Å².